The molecule has 24 heavy (non-hydrogen) atoms. The van der Waals surface area contributed by atoms with Gasteiger partial charge >= 0.3 is 0 Å². The molecule has 2 aromatic heterocycles. The summed E-state index contributed by atoms with van der Waals surface area (Å²) in [7, 11) is 1.70. The Morgan fingerprint density at radius 3 is 2.79 bits per heavy atom. The normalized spacial score (nSPS) is 12.5. The van der Waals surface area contributed by atoms with E-state index >= 15 is 0 Å². The van der Waals surface area contributed by atoms with Crippen LogP contribution in [0.2, 0.25) is 5.02 Å². The summed E-state index contributed by atoms with van der Waals surface area (Å²) in [5, 5.41) is 8.54. The number of fused-ring (bicyclic) bond motifs is 1. The fourth-order valence-corrected chi connectivity index (χ4v) is 2.70. The van der Waals surface area contributed by atoms with Crippen LogP contribution in [0.5, 0.6) is 0 Å². The van der Waals surface area contributed by atoms with E-state index in [2.05, 4.69) is 27.3 Å². The molecule has 1 N–H and O–H groups in total. The standard InChI is InChI=1S/C17H20ClN5O/c1-3-14-10-16(23-17(21-14)19-11-20-23)22-15(8-9-24-2)12-4-6-13(18)7-5-12/h4-7,10-11,15,22H,3,8-9H2,1-2H3. The van der Waals surface area contributed by atoms with Crippen molar-refractivity contribution >= 4 is 23.2 Å². The highest BCUT2D eigenvalue weighted by molar-refractivity contribution is 6.30. The van der Waals surface area contributed by atoms with Gasteiger partial charge in [-0.1, -0.05) is 30.7 Å². The van der Waals surface area contributed by atoms with Crippen LogP contribution in [0.3, 0.4) is 0 Å². The smallest absolute Gasteiger partial charge is 0.254 e. The Labute approximate surface area is 145 Å². The minimum absolute atomic E-state index is 0.0710. The van der Waals surface area contributed by atoms with Crippen LogP contribution in [-0.4, -0.2) is 33.3 Å². The number of anilines is 1. The molecule has 0 spiro atoms. The number of ether oxygens (including phenoxy) is 1. The van der Waals surface area contributed by atoms with E-state index in [1.165, 1.54) is 6.33 Å². The van der Waals surface area contributed by atoms with E-state index in [1.54, 1.807) is 11.6 Å². The van der Waals surface area contributed by atoms with E-state index in [-0.39, 0.29) is 6.04 Å². The second-order valence-electron chi connectivity index (χ2n) is 5.49. The van der Waals surface area contributed by atoms with Crippen LogP contribution in [0.15, 0.2) is 36.7 Å². The monoisotopic (exact) mass is 345 g/mol. The lowest BCUT2D eigenvalue weighted by Crippen LogP contribution is -2.16. The number of benzene rings is 1. The topological polar surface area (TPSA) is 64.3 Å². The minimum atomic E-state index is 0.0710. The number of nitrogens with one attached hydrogen (secondary N) is 1. The number of methoxy groups -OCH3 is 1. The third-order valence-corrected chi connectivity index (χ3v) is 4.12. The van der Waals surface area contributed by atoms with E-state index < -0.39 is 0 Å². The van der Waals surface area contributed by atoms with Gasteiger partial charge in [0.15, 0.2) is 0 Å². The molecule has 1 atom stereocenters. The van der Waals surface area contributed by atoms with E-state index in [1.807, 2.05) is 30.3 Å². The van der Waals surface area contributed by atoms with Gasteiger partial charge in [0.2, 0.25) is 0 Å². The highest BCUT2D eigenvalue weighted by Gasteiger charge is 2.15. The van der Waals surface area contributed by atoms with Gasteiger partial charge in [-0.3, -0.25) is 0 Å². The van der Waals surface area contributed by atoms with Crippen LogP contribution in [0.25, 0.3) is 5.78 Å². The Bertz CT molecular complexity index is 802. The molecule has 0 radical (unpaired) electrons. The molecular weight excluding hydrogens is 326 g/mol. The Balaban J connectivity index is 1.94. The summed E-state index contributed by atoms with van der Waals surface area (Å²) in [6, 6.07) is 9.92. The van der Waals surface area contributed by atoms with Gasteiger partial charge in [0.25, 0.3) is 5.78 Å². The molecule has 126 valence electrons. The summed E-state index contributed by atoms with van der Waals surface area (Å²) >= 11 is 6.01. The highest BCUT2D eigenvalue weighted by Crippen LogP contribution is 2.24. The van der Waals surface area contributed by atoms with Crippen molar-refractivity contribution in [1.82, 2.24) is 19.6 Å². The second-order valence-corrected chi connectivity index (χ2v) is 5.92. The van der Waals surface area contributed by atoms with Crippen LogP contribution >= 0.6 is 11.6 Å². The molecule has 0 aliphatic rings. The summed E-state index contributed by atoms with van der Waals surface area (Å²) in [6.45, 7) is 2.72. The maximum atomic E-state index is 6.01. The van der Waals surface area contributed by atoms with Gasteiger partial charge in [-0.25, -0.2) is 4.98 Å². The van der Waals surface area contributed by atoms with Crippen LogP contribution < -0.4 is 5.32 Å². The molecule has 3 aromatic rings. The third kappa shape index (κ3) is 3.66. The molecule has 0 aliphatic carbocycles. The molecule has 0 amide bonds. The first kappa shape index (κ1) is 16.7. The van der Waals surface area contributed by atoms with E-state index in [4.69, 9.17) is 16.3 Å². The summed E-state index contributed by atoms with van der Waals surface area (Å²) in [5.41, 5.74) is 2.11. The van der Waals surface area contributed by atoms with E-state index in [9.17, 15) is 0 Å². The zero-order chi connectivity index (χ0) is 16.9. The largest absolute Gasteiger partial charge is 0.385 e. The van der Waals surface area contributed by atoms with Crippen molar-refractivity contribution in [1.29, 1.82) is 0 Å². The van der Waals surface area contributed by atoms with Gasteiger partial charge in [-0.2, -0.15) is 14.6 Å². The van der Waals surface area contributed by atoms with Crippen molar-refractivity contribution in [3.8, 4) is 0 Å². The first-order chi connectivity index (χ1) is 11.7. The van der Waals surface area contributed by atoms with E-state index in [0.29, 0.717) is 12.4 Å². The number of aromatic nitrogens is 4. The van der Waals surface area contributed by atoms with E-state index in [0.717, 1.165) is 34.9 Å². The molecule has 0 aliphatic heterocycles. The molecule has 6 nitrogen and oxygen atoms in total. The highest BCUT2D eigenvalue weighted by atomic mass is 35.5. The summed E-state index contributed by atoms with van der Waals surface area (Å²) in [4.78, 5) is 8.68. The van der Waals surface area contributed by atoms with Gasteiger partial charge in [0, 0.05) is 30.5 Å². The first-order valence-electron chi connectivity index (χ1n) is 7.92. The molecule has 1 unspecified atom stereocenters. The number of hydrogen-bond donors (Lipinski definition) is 1. The lowest BCUT2D eigenvalue weighted by atomic mass is 10.0. The molecule has 0 bridgehead atoms. The van der Waals surface area contributed by atoms with Crippen LogP contribution in [-0.2, 0) is 11.2 Å². The summed E-state index contributed by atoms with van der Waals surface area (Å²) < 4.78 is 6.98. The maximum absolute atomic E-state index is 6.01. The number of halogens is 1. The van der Waals surface area contributed by atoms with Crippen molar-refractivity contribution in [2.45, 2.75) is 25.8 Å². The number of hydrogen-bond acceptors (Lipinski definition) is 5. The maximum Gasteiger partial charge on any atom is 0.254 e. The lowest BCUT2D eigenvalue weighted by molar-refractivity contribution is 0.190. The van der Waals surface area contributed by atoms with Crippen molar-refractivity contribution in [3.05, 3.63) is 52.9 Å². The van der Waals surface area contributed by atoms with Crippen molar-refractivity contribution < 1.29 is 4.74 Å². The van der Waals surface area contributed by atoms with Gasteiger partial charge in [-0.05, 0) is 30.5 Å². The number of nitrogens with zero attached hydrogens (tertiary/aromatic N) is 4. The fourth-order valence-electron chi connectivity index (χ4n) is 2.58. The molecular formula is C17H20ClN5O. The number of aryl methyl sites for hydroxylation is 1. The van der Waals surface area contributed by atoms with Gasteiger partial charge in [0.1, 0.15) is 12.1 Å². The molecule has 0 saturated carbocycles. The Morgan fingerprint density at radius 2 is 2.08 bits per heavy atom. The SMILES string of the molecule is CCc1cc(NC(CCOC)c2ccc(Cl)cc2)n2ncnc2n1. The van der Waals surface area contributed by atoms with Crippen LogP contribution in [0, 0.1) is 0 Å². The zero-order valence-corrected chi connectivity index (χ0v) is 14.5. The predicted molar refractivity (Wildman–Crippen MR) is 94.5 cm³/mol. The minimum Gasteiger partial charge on any atom is -0.385 e. The quantitative estimate of drug-likeness (QED) is 0.709. The average Bonchev–Trinajstić information content (AvgIpc) is 3.08. The molecule has 0 saturated heterocycles. The Hall–Kier alpha value is -2.18. The lowest BCUT2D eigenvalue weighted by Gasteiger charge is -2.21. The van der Waals surface area contributed by atoms with Crippen LogP contribution in [0.4, 0.5) is 5.82 Å². The molecule has 2 heterocycles. The predicted octanol–water partition coefficient (Wildman–Crippen LogP) is 3.53. The number of rotatable bonds is 7. The first-order valence-corrected chi connectivity index (χ1v) is 8.29. The summed E-state index contributed by atoms with van der Waals surface area (Å²) in [5.74, 6) is 1.46. The zero-order valence-electron chi connectivity index (χ0n) is 13.7. The Kier molecular flexibility index (Phi) is 5.27. The molecule has 1 aromatic carbocycles. The molecule has 7 heteroatoms. The van der Waals surface area contributed by atoms with Crippen molar-refractivity contribution in [2.24, 2.45) is 0 Å². The van der Waals surface area contributed by atoms with Gasteiger partial charge < -0.3 is 10.1 Å². The third-order valence-electron chi connectivity index (χ3n) is 3.87. The fraction of sp³-hybridized carbons (Fsp3) is 0.353. The van der Waals surface area contributed by atoms with Crippen LogP contribution in [0.1, 0.15) is 30.6 Å². The average molecular weight is 346 g/mol. The van der Waals surface area contributed by atoms with Gasteiger partial charge in [-0.15, -0.1) is 0 Å². The second kappa shape index (κ2) is 7.59. The Morgan fingerprint density at radius 1 is 1.29 bits per heavy atom. The van der Waals surface area contributed by atoms with Crippen molar-refractivity contribution in [3.63, 3.8) is 0 Å². The molecule has 3 rings (SSSR count). The summed E-state index contributed by atoms with van der Waals surface area (Å²) in [6.07, 6.45) is 3.17. The molecule has 0 fully saturated rings. The van der Waals surface area contributed by atoms with Crippen molar-refractivity contribution in [2.75, 3.05) is 19.0 Å². The van der Waals surface area contributed by atoms with Gasteiger partial charge in [0.05, 0.1) is 6.04 Å².